The molecule has 41 heavy (non-hydrogen) atoms. The van der Waals surface area contributed by atoms with E-state index in [9.17, 15) is 39.6 Å². The molecule has 12 nitrogen and oxygen atoms in total. The van der Waals surface area contributed by atoms with E-state index in [2.05, 4.69) is 5.32 Å². The Morgan fingerprint density at radius 3 is 2.34 bits per heavy atom. The van der Waals surface area contributed by atoms with Gasteiger partial charge in [-0.3, -0.25) is 29.0 Å². The van der Waals surface area contributed by atoms with Gasteiger partial charge in [0.1, 0.15) is 22.8 Å². The Labute approximate surface area is 248 Å². The molecule has 7 N–H and O–H groups in total. The SMILES string of the molecule is CN(C)[C@@H]1C(=O)C(C(N)=O)=C(O)[C@@]2(O)C(=O)C3=C(O)c4c(ccc(NC(=O)CN5CCCC5)c4O)CC3CC12.Cl.Cl. The number of rotatable bonds is 5. The normalized spacial score (nSPS) is 27.5. The van der Waals surface area contributed by atoms with Crippen molar-refractivity contribution in [2.24, 2.45) is 17.6 Å². The standard InChI is InChI=1S/C27H32N4O8.2ClH/c1-30(2)20-14-10-13-9-12-5-6-15(29-16(32)11-31-7-3-4-8-31)21(33)17(12)22(34)18(13)24(36)27(14,39)25(37)19(23(20)35)26(28)38;;/h5-6,13-14,20,33-34,37,39H,3-4,7-11H2,1-2H3,(H2,28,38)(H,29,32);2*1H/t13?,14?,20-,27-;;/m0../s1. The molecule has 5 rings (SSSR count). The number of carbonyl (C=O) groups is 4. The first-order chi connectivity index (χ1) is 18.4. The summed E-state index contributed by atoms with van der Waals surface area (Å²) >= 11 is 0. The smallest absolute Gasteiger partial charge is 0.255 e. The summed E-state index contributed by atoms with van der Waals surface area (Å²) in [7, 11) is 3.09. The number of amides is 2. The number of phenolic OH excluding ortho intramolecular Hbond substituents is 1. The Kier molecular flexibility index (Phi) is 9.16. The van der Waals surface area contributed by atoms with Gasteiger partial charge in [0.25, 0.3) is 5.91 Å². The number of benzene rings is 1. The van der Waals surface area contributed by atoms with Crippen LogP contribution >= 0.6 is 24.8 Å². The monoisotopic (exact) mass is 612 g/mol. The number of ketones is 2. The third kappa shape index (κ3) is 4.97. The number of aliphatic hydroxyl groups excluding tert-OH is 2. The molecule has 3 aliphatic carbocycles. The summed E-state index contributed by atoms with van der Waals surface area (Å²) in [5.74, 6) is -7.45. The van der Waals surface area contributed by atoms with Gasteiger partial charge in [-0.1, -0.05) is 6.07 Å². The second kappa shape index (κ2) is 11.6. The van der Waals surface area contributed by atoms with Gasteiger partial charge < -0.3 is 31.5 Å². The summed E-state index contributed by atoms with van der Waals surface area (Å²) in [5.41, 5.74) is 2.05. The first kappa shape index (κ1) is 32.4. The Balaban J connectivity index is 0.00000231. The average molecular weight is 613 g/mol. The van der Waals surface area contributed by atoms with Crippen LogP contribution in [0.4, 0.5) is 5.69 Å². The molecular weight excluding hydrogens is 579 g/mol. The number of halogens is 2. The van der Waals surface area contributed by atoms with Crippen molar-refractivity contribution in [1.82, 2.24) is 9.80 Å². The summed E-state index contributed by atoms with van der Waals surface area (Å²) in [4.78, 5) is 55.0. The maximum atomic E-state index is 13.9. The Morgan fingerprint density at radius 2 is 1.76 bits per heavy atom. The number of fused-ring (bicyclic) bond motifs is 3. The number of nitrogens with two attached hydrogens (primary N) is 1. The number of nitrogens with zero attached hydrogens (tertiary/aromatic N) is 2. The van der Waals surface area contributed by atoms with Gasteiger partial charge in [0, 0.05) is 11.5 Å². The number of likely N-dealkylation sites (N-methyl/N-ethyl adjacent to an activating group) is 1. The molecule has 4 atom stereocenters. The summed E-state index contributed by atoms with van der Waals surface area (Å²) in [6.07, 6.45) is 2.22. The van der Waals surface area contributed by atoms with Crippen LogP contribution in [0.1, 0.15) is 30.4 Å². The van der Waals surface area contributed by atoms with Crippen LogP contribution in [-0.4, -0.2) is 99.0 Å². The third-order valence-electron chi connectivity index (χ3n) is 8.43. The molecule has 224 valence electrons. The topological polar surface area (TPSA) is 194 Å². The quantitative estimate of drug-likeness (QED) is 0.205. The lowest BCUT2D eigenvalue weighted by Gasteiger charge is -2.50. The van der Waals surface area contributed by atoms with E-state index in [0.717, 1.165) is 25.9 Å². The summed E-state index contributed by atoms with van der Waals surface area (Å²) in [6.45, 7) is 1.77. The minimum Gasteiger partial charge on any atom is -0.508 e. The van der Waals surface area contributed by atoms with Crippen molar-refractivity contribution in [3.8, 4) is 5.75 Å². The fourth-order valence-corrected chi connectivity index (χ4v) is 6.65. The lowest BCUT2D eigenvalue weighted by Crippen LogP contribution is -2.65. The fraction of sp³-hybridized carbons (Fsp3) is 0.481. The highest BCUT2D eigenvalue weighted by Gasteiger charge is 2.64. The highest BCUT2D eigenvalue weighted by atomic mass is 35.5. The van der Waals surface area contributed by atoms with E-state index in [1.54, 1.807) is 20.2 Å². The number of likely N-dealkylation sites (tertiary alicyclic amines) is 1. The zero-order valence-electron chi connectivity index (χ0n) is 22.5. The number of aromatic hydroxyl groups is 1. The third-order valence-corrected chi connectivity index (χ3v) is 8.43. The molecule has 1 saturated carbocycles. The number of hydrogen-bond acceptors (Lipinski definition) is 10. The van der Waals surface area contributed by atoms with Crippen molar-refractivity contribution in [1.29, 1.82) is 0 Å². The summed E-state index contributed by atoms with van der Waals surface area (Å²) < 4.78 is 0. The van der Waals surface area contributed by atoms with E-state index in [1.165, 1.54) is 11.0 Å². The van der Waals surface area contributed by atoms with Gasteiger partial charge in [0.15, 0.2) is 11.4 Å². The van der Waals surface area contributed by atoms with E-state index in [-0.39, 0.29) is 66.9 Å². The molecule has 1 saturated heterocycles. The van der Waals surface area contributed by atoms with E-state index in [1.807, 2.05) is 4.90 Å². The van der Waals surface area contributed by atoms with Gasteiger partial charge in [0.2, 0.25) is 11.7 Å². The van der Waals surface area contributed by atoms with Gasteiger partial charge in [0.05, 0.1) is 23.8 Å². The van der Waals surface area contributed by atoms with Crippen molar-refractivity contribution < 1.29 is 39.6 Å². The molecule has 14 heteroatoms. The number of aliphatic hydroxyl groups is 3. The van der Waals surface area contributed by atoms with Gasteiger partial charge in [-0.05, 0) is 70.4 Å². The lowest BCUT2D eigenvalue weighted by atomic mass is 9.57. The lowest BCUT2D eigenvalue weighted by molar-refractivity contribution is -0.153. The number of hydrogen-bond donors (Lipinski definition) is 6. The maximum Gasteiger partial charge on any atom is 0.255 e. The summed E-state index contributed by atoms with van der Waals surface area (Å²) in [5, 5.41) is 47.5. The molecule has 4 aliphatic rings. The average Bonchev–Trinajstić information content (AvgIpc) is 3.35. The van der Waals surface area contributed by atoms with Crippen LogP contribution in [0.5, 0.6) is 5.75 Å². The van der Waals surface area contributed by atoms with Gasteiger partial charge >= 0.3 is 0 Å². The molecule has 1 aromatic rings. The van der Waals surface area contributed by atoms with Crippen LogP contribution in [0.15, 0.2) is 29.0 Å². The fourth-order valence-electron chi connectivity index (χ4n) is 6.65. The molecule has 1 heterocycles. The molecule has 2 fully saturated rings. The van der Waals surface area contributed by atoms with Crippen LogP contribution in [0.3, 0.4) is 0 Å². The maximum absolute atomic E-state index is 13.9. The van der Waals surface area contributed by atoms with E-state index >= 15 is 0 Å². The zero-order valence-corrected chi connectivity index (χ0v) is 24.2. The Bertz CT molecular complexity index is 1370. The van der Waals surface area contributed by atoms with Crippen molar-refractivity contribution in [2.75, 3.05) is 39.0 Å². The molecule has 2 unspecified atom stereocenters. The number of Topliss-reactive ketones (excluding diaryl/α,β-unsaturated/α-hetero) is 2. The van der Waals surface area contributed by atoms with Crippen molar-refractivity contribution in [3.63, 3.8) is 0 Å². The molecule has 0 radical (unpaired) electrons. The Hall–Kier alpha value is -3.16. The van der Waals surface area contributed by atoms with E-state index in [4.69, 9.17) is 5.73 Å². The van der Waals surface area contributed by atoms with E-state index in [0.29, 0.717) is 5.56 Å². The summed E-state index contributed by atoms with van der Waals surface area (Å²) in [6, 6.07) is 2.02. The minimum absolute atomic E-state index is 0. The number of nitrogens with one attached hydrogen (secondary N) is 1. The molecule has 0 aromatic heterocycles. The molecule has 0 spiro atoms. The molecule has 1 aliphatic heterocycles. The largest absolute Gasteiger partial charge is 0.508 e. The van der Waals surface area contributed by atoms with E-state index < -0.39 is 63.8 Å². The highest BCUT2D eigenvalue weighted by molar-refractivity contribution is 6.24. The minimum atomic E-state index is -2.69. The van der Waals surface area contributed by atoms with Crippen molar-refractivity contribution in [2.45, 2.75) is 37.3 Å². The first-order valence-electron chi connectivity index (χ1n) is 12.9. The Morgan fingerprint density at radius 1 is 1.12 bits per heavy atom. The van der Waals surface area contributed by atoms with Gasteiger partial charge in [-0.2, -0.15) is 0 Å². The van der Waals surface area contributed by atoms with Crippen LogP contribution in [0.2, 0.25) is 0 Å². The van der Waals surface area contributed by atoms with Crippen molar-refractivity contribution >= 4 is 59.6 Å². The first-order valence-corrected chi connectivity index (χ1v) is 12.9. The van der Waals surface area contributed by atoms with Gasteiger partial charge in [-0.15, -0.1) is 24.8 Å². The molecule has 1 aromatic carbocycles. The van der Waals surface area contributed by atoms with Crippen LogP contribution in [0.25, 0.3) is 5.76 Å². The van der Waals surface area contributed by atoms with Crippen LogP contribution < -0.4 is 11.1 Å². The zero-order chi connectivity index (χ0) is 28.4. The number of carbonyl (C=O) groups excluding carboxylic acids is 4. The van der Waals surface area contributed by atoms with Crippen LogP contribution in [-0.2, 0) is 25.6 Å². The van der Waals surface area contributed by atoms with Crippen LogP contribution in [0, 0.1) is 11.8 Å². The molecule has 0 bridgehead atoms. The predicted molar refractivity (Wildman–Crippen MR) is 153 cm³/mol. The van der Waals surface area contributed by atoms with Crippen molar-refractivity contribution in [3.05, 3.63) is 40.2 Å². The highest BCUT2D eigenvalue weighted by Crippen LogP contribution is 2.53. The molecular formula is C27H34Cl2N4O8. The number of phenols is 1. The number of primary amides is 1. The number of anilines is 1. The second-order valence-corrected chi connectivity index (χ2v) is 11.0. The second-order valence-electron chi connectivity index (χ2n) is 11.0. The van der Waals surface area contributed by atoms with Gasteiger partial charge in [-0.25, -0.2) is 0 Å². The molecule has 2 amide bonds. The predicted octanol–water partition coefficient (Wildman–Crippen LogP) is 0.842.